The second-order valence-electron chi connectivity index (χ2n) is 4.54. The van der Waals surface area contributed by atoms with Crippen LogP contribution >= 0.6 is 0 Å². The molecule has 3 unspecified atom stereocenters. The topological polar surface area (TPSA) is 38.7 Å². The third-order valence-corrected chi connectivity index (χ3v) is 3.14. The van der Waals surface area contributed by atoms with Crippen LogP contribution in [0.15, 0.2) is 5.34 Å². The molecule has 76 valence electrons. The monoisotopic (exact) mass is 186 g/mol. The van der Waals surface area contributed by atoms with E-state index < -0.39 is 0 Å². The predicted molar refractivity (Wildman–Crippen MR) is 52.0 cm³/mol. The Morgan fingerprint density at radius 3 is 2.62 bits per heavy atom. The van der Waals surface area contributed by atoms with Gasteiger partial charge in [0.05, 0.1) is 0 Å². The second-order valence-corrected chi connectivity index (χ2v) is 4.54. The van der Waals surface area contributed by atoms with Crippen molar-refractivity contribution in [2.45, 2.75) is 46.1 Å². The Kier molecular flexibility index (Phi) is 3.70. The maximum absolute atomic E-state index is 10.1. The lowest BCUT2D eigenvalue weighted by Crippen LogP contribution is -2.33. The molecule has 1 aliphatic carbocycles. The van der Waals surface area contributed by atoms with Gasteiger partial charge in [-0.2, -0.15) is 0 Å². The van der Waals surface area contributed by atoms with E-state index in [2.05, 4.69) is 26.1 Å². The van der Waals surface area contributed by atoms with Crippen molar-refractivity contribution < 1.29 is 4.84 Å². The zero-order valence-corrected chi connectivity index (χ0v) is 8.69. The lowest BCUT2D eigenvalue weighted by molar-refractivity contribution is -0.0384. The Morgan fingerprint density at radius 2 is 2.08 bits per heavy atom. The van der Waals surface area contributed by atoms with Crippen LogP contribution in [0.4, 0.5) is 0 Å². The molecule has 0 amide bonds. The molecule has 0 saturated heterocycles. The molecule has 1 aliphatic rings. The highest BCUT2D eigenvalue weighted by atomic mass is 16.9. The standard InChI is InChI=1S/C10H19NO2/c1-7(2)9-5-4-8(3)6-10(9)13-11-12/h7-10H,4-6H2,1-3H3/i11+1. The van der Waals surface area contributed by atoms with Crippen molar-refractivity contribution in [3.05, 3.63) is 4.91 Å². The van der Waals surface area contributed by atoms with Crippen molar-refractivity contribution in [1.82, 2.24) is 0 Å². The molecule has 0 aromatic heterocycles. The largest absolute Gasteiger partial charge is 0.360 e. The van der Waals surface area contributed by atoms with Crippen molar-refractivity contribution in [2.24, 2.45) is 23.1 Å². The average Bonchev–Trinajstić information content (AvgIpc) is 2.04. The third-order valence-electron chi connectivity index (χ3n) is 3.14. The Bertz CT molecular complexity index is 170. The van der Waals surface area contributed by atoms with Gasteiger partial charge in [0, 0.05) is 5.92 Å². The molecule has 3 atom stereocenters. The first-order valence-corrected chi connectivity index (χ1v) is 5.13. The van der Waals surface area contributed by atoms with Gasteiger partial charge in [-0.1, -0.05) is 27.2 Å². The van der Waals surface area contributed by atoms with Crippen LogP contribution in [0.2, 0.25) is 0 Å². The van der Waals surface area contributed by atoms with Crippen molar-refractivity contribution in [3.63, 3.8) is 0 Å². The van der Waals surface area contributed by atoms with E-state index in [-0.39, 0.29) is 6.10 Å². The van der Waals surface area contributed by atoms with E-state index in [1.54, 1.807) is 0 Å². The Morgan fingerprint density at radius 1 is 1.38 bits per heavy atom. The van der Waals surface area contributed by atoms with Gasteiger partial charge >= 0.3 is 0 Å². The van der Waals surface area contributed by atoms with Crippen LogP contribution in [0.25, 0.3) is 0 Å². The maximum Gasteiger partial charge on any atom is 0.155 e. The van der Waals surface area contributed by atoms with Crippen LogP contribution < -0.4 is 0 Å². The summed E-state index contributed by atoms with van der Waals surface area (Å²) < 4.78 is 0. The van der Waals surface area contributed by atoms with E-state index in [4.69, 9.17) is 4.84 Å². The zero-order chi connectivity index (χ0) is 9.84. The molecule has 1 rings (SSSR count). The predicted octanol–water partition coefficient (Wildman–Crippen LogP) is 3.15. The van der Waals surface area contributed by atoms with Crippen LogP contribution in [0.3, 0.4) is 0 Å². The van der Waals surface area contributed by atoms with Crippen LogP contribution in [0.1, 0.15) is 40.0 Å². The SMILES string of the molecule is CC1CCC(C(C)C)C(O[15N]=O)C1. The molecule has 0 spiro atoms. The van der Waals surface area contributed by atoms with Crippen LogP contribution in [0, 0.1) is 22.7 Å². The number of nitrogens with zero attached hydrogens (tertiary/aromatic N) is 1. The minimum atomic E-state index is 0.0567. The molecule has 0 N–H and O–H groups in total. The third kappa shape index (κ3) is 2.68. The minimum Gasteiger partial charge on any atom is -0.360 e. The van der Waals surface area contributed by atoms with Gasteiger partial charge in [-0.25, -0.2) is 0 Å². The van der Waals surface area contributed by atoms with E-state index in [1.807, 2.05) is 0 Å². The highest BCUT2D eigenvalue weighted by Crippen LogP contribution is 2.35. The van der Waals surface area contributed by atoms with E-state index in [1.165, 1.54) is 12.8 Å². The highest BCUT2D eigenvalue weighted by Gasteiger charge is 2.32. The fourth-order valence-electron chi connectivity index (χ4n) is 2.29. The number of rotatable bonds is 3. The summed E-state index contributed by atoms with van der Waals surface area (Å²) >= 11 is 0. The van der Waals surface area contributed by atoms with Gasteiger partial charge in [-0.3, -0.25) is 0 Å². The molecular weight excluding hydrogens is 167 g/mol. The average molecular weight is 186 g/mol. The van der Waals surface area contributed by atoms with E-state index in [9.17, 15) is 4.91 Å². The summed E-state index contributed by atoms with van der Waals surface area (Å²) in [5.41, 5.74) is 0. The summed E-state index contributed by atoms with van der Waals surface area (Å²) in [7, 11) is 0. The van der Waals surface area contributed by atoms with Crippen LogP contribution in [0.5, 0.6) is 0 Å². The van der Waals surface area contributed by atoms with Gasteiger partial charge in [-0.15, -0.1) is 4.91 Å². The van der Waals surface area contributed by atoms with Gasteiger partial charge in [0.25, 0.3) is 0 Å². The molecule has 0 aromatic carbocycles. The van der Waals surface area contributed by atoms with E-state index in [0.717, 1.165) is 6.42 Å². The summed E-state index contributed by atoms with van der Waals surface area (Å²) in [5, 5.41) is 2.58. The molecule has 0 bridgehead atoms. The van der Waals surface area contributed by atoms with E-state index in [0.29, 0.717) is 17.8 Å². The molecule has 0 aliphatic heterocycles. The molecule has 3 heteroatoms. The van der Waals surface area contributed by atoms with Crippen molar-refractivity contribution in [1.29, 1.82) is 0 Å². The van der Waals surface area contributed by atoms with Crippen molar-refractivity contribution in [2.75, 3.05) is 0 Å². The fourth-order valence-corrected chi connectivity index (χ4v) is 2.29. The Labute approximate surface area is 79.8 Å². The molecule has 3 nitrogen and oxygen atoms in total. The van der Waals surface area contributed by atoms with Crippen LogP contribution in [-0.2, 0) is 4.84 Å². The molecule has 13 heavy (non-hydrogen) atoms. The summed E-state index contributed by atoms with van der Waals surface area (Å²) in [4.78, 5) is 15.0. The van der Waals surface area contributed by atoms with Crippen molar-refractivity contribution in [3.8, 4) is 0 Å². The molecule has 0 heterocycles. The first-order chi connectivity index (χ1) is 6.15. The lowest BCUT2D eigenvalue weighted by Gasteiger charge is -2.34. The number of hydrogen-bond acceptors (Lipinski definition) is 3. The molecule has 0 aromatic rings. The van der Waals surface area contributed by atoms with Crippen molar-refractivity contribution >= 4 is 0 Å². The lowest BCUT2D eigenvalue weighted by atomic mass is 9.75. The molecule has 1 saturated carbocycles. The first-order valence-electron chi connectivity index (χ1n) is 5.13. The van der Waals surface area contributed by atoms with Gasteiger partial charge in [0.15, 0.2) is 5.34 Å². The van der Waals surface area contributed by atoms with E-state index >= 15 is 0 Å². The maximum atomic E-state index is 10.1. The summed E-state index contributed by atoms with van der Waals surface area (Å²) in [5.74, 6) is 1.76. The number of hydrogen-bond donors (Lipinski definition) is 0. The van der Waals surface area contributed by atoms with Gasteiger partial charge < -0.3 is 4.84 Å². The molecule has 0 radical (unpaired) electrons. The first kappa shape index (κ1) is 10.5. The van der Waals surface area contributed by atoms with Gasteiger partial charge in [0.1, 0.15) is 6.10 Å². The zero-order valence-electron chi connectivity index (χ0n) is 8.69. The molecule has 1 fully saturated rings. The van der Waals surface area contributed by atoms with Crippen LogP contribution in [-0.4, -0.2) is 6.10 Å². The second kappa shape index (κ2) is 4.58. The fraction of sp³-hybridized carbons (Fsp3) is 1.00. The summed E-state index contributed by atoms with van der Waals surface area (Å²) in [6.07, 6.45) is 3.45. The quantitative estimate of drug-likeness (QED) is 0.386. The normalized spacial score (nSPS) is 34.6. The Hall–Kier alpha value is -0.600. The Balaban J connectivity index is 2.54. The minimum absolute atomic E-state index is 0.0567. The van der Waals surface area contributed by atoms with Gasteiger partial charge in [-0.05, 0) is 24.7 Å². The summed E-state index contributed by atoms with van der Waals surface area (Å²) in [6, 6.07) is 0. The smallest absolute Gasteiger partial charge is 0.155 e. The highest BCUT2D eigenvalue weighted by molar-refractivity contribution is 4.80. The molecular formula is C10H19NO2. The van der Waals surface area contributed by atoms with Gasteiger partial charge in [0.2, 0.25) is 0 Å². The summed E-state index contributed by atoms with van der Waals surface area (Å²) in [6.45, 7) is 6.57.